The van der Waals surface area contributed by atoms with E-state index in [0.29, 0.717) is 17.3 Å². The summed E-state index contributed by atoms with van der Waals surface area (Å²) < 4.78 is 16.3. The highest BCUT2D eigenvalue weighted by Gasteiger charge is 2.41. The first-order chi connectivity index (χ1) is 17.5. The molecule has 1 amide bonds. The highest BCUT2D eigenvalue weighted by Crippen LogP contribution is 2.39. The number of rotatable bonds is 7. The zero-order valence-electron chi connectivity index (χ0n) is 19.1. The van der Waals surface area contributed by atoms with Gasteiger partial charge in [-0.25, -0.2) is 4.39 Å². The van der Waals surface area contributed by atoms with Crippen LogP contribution in [0, 0.1) is 5.82 Å². The van der Waals surface area contributed by atoms with Crippen LogP contribution in [0.2, 0.25) is 0 Å². The molecular formula is C27H23BrFN5OS. The molecule has 6 nitrogen and oxygen atoms in total. The molecule has 1 saturated heterocycles. The third kappa shape index (κ3) is 5.17. The number of carbonyl (C=O) groups excluding carboxylic acids is 1. The van der Waals surface area contributed by atoms with Crippen molar-refractivity contribution in [1.82, 2.24) is 19.8 Å². The molecule has 1 aliphatic heterocycles. The summed E-state index contributed by atoms with van der Waals surface area (Å²) in [5.74, 6) is -0.523. The lowest BCUT2D eigenvalue weighted by Gasteiger charge is -2.29. The van der Waals surface area contributed by atoms with Gasteiger partial charge in [-0.1, -0.05) is 28.1 Å². The third-order valence-corrected chi connectivity index (χ3v) is 6.92. The van der Waals surface area contributed by atoms with Gasteiger partial charge in [0.05, 0.1) is 17.8 Å². The first kappa shape index (κ1) is 24.1. The summed E-state index contributed by atoms with van der Waals surface area (Å²) in [4.78, 5) is 19.3. The fraction of sp³-hybridized carbons (Fsp3) is 0.148. The van der Waals surface area contributed by atoms with Crippen molar-refractivity contribution in [3.8, 4) is 5.69 Å². The molecule has 36 heavy (non-hydrogen) atoms. The molecule has 4 aromatic rings. The Hall–Kier alpha value is -3.56. The first-order valence-corrected chi connectivity index (χ1v) is 12.7. The molecule has 1 aliphatic rings. The van der Waals surface area contributed by atoms with E-state index in [0.717, 1.165) is 21.5 Å². The van der Waals surface area contributed by atoms with Crippen LogP contribution in [-0.2, 0) is 4.79 Å². The van der Waals surface area contributed by atoms with Gasteiger partial charge in [-0.2, -0.15) is 0 Å². The number of halogens is 2. The molecule has 2 atom stereocenters. The predicted octanol–water partition coefficient (Wildman–Crippen LogP) is 5.78. The molecule has 2 aromatic carbocycles. The first-order valence-electron chi connectivity index (χ1n) is 11.5. The Bertz CT molecular complexity index is 1380. The fourth-order valence-corrected chi connectivity index (χ4v) is 5.16. The summed E-state index contributed by atoms with van der Waals surface area (Å²) in [6, 6.07) is 23.3. The molecule has 5 rings (SSSR count). The Kier molecular flexibility index (Phi) is 7.11. The molecule has 0 spiro atoms. The second-order valence-electron chi connectivity index (χ2n) is 8.41. The molecule has 1 fully saturated rings. The number of nitrogens with zero attached hydrogens (tertiary/aromatic N) is 3. The van der Waals surface area contributed by atoms with Crippen LogP contribution >= 0.6 is 28.1 Å². The van der Waals surface area contributed by atoms with Gasteiger partial charge in [0.25, 0.3) is 0 Å². The average molecular weight is 564 g/mol. The van der Waals surface area contributed by atoms with Crippen LogP contribution in [0.4, 0.5) is 10.1 Å². The molecule has 0 aliphatic carbocycles. The Balaban J connectivity index is 1.44. The van der Waals surface area contributed by atoms with Gasteiger partial charge < -0.3 is 20.1 Å². The number of nitrogens with one attached hydrogen (secondary N) is 2. The summed E-state index contributed by atoms with van der Waals surface area (Å²) in [5, 5.41) is 6.81. The SMILES string of the molecule is O=C(CCN1C(=S)N[C@@H](c2ccccn2)[C@@H]1c1cccn1-c1cccc(Br)c1)Nc1ccc(F)cc1. The summed E-state index contributed by atoms with van der Waals surface area (Å²) in [6.07, 6.45) is 4.00. The number of anilines is 1. The van der Waals surface area contributed by atoms with Crippen LogP contribution in [0.3, 0.4) is 0 Å². The maximum Gasteiger partial charge on any atom is 0.226 e. The second-order valence-corrected chi connectivity index (χ2v) is 9.71. The van der Waals surface area contributed by atoms with E-state index in [4.69, 9.17) is 12.2 Å². The van der Waals surface area contributed by atoms with Gasteiger partial charge in [0.2, 0.25) is 5.91 Å². The molecule has 9 heteroatoms. The van der Waals surface area contributed by atoms with E-state index < -0.39 is 0 Å². The summed E-state index contributed by atoms with van der Waals surface area (Å²) in [6.45, 7) is 0.399. The summed E-state index contributed by atoms with van der Waals surface area (Å²) in [5.41, 5.74) is 3.45. The number of carbonyl (C=O) groups is 1. The Morgan fingerprint density at radius 3 is 2.67 bits per heavy atom. The van der Waals surface area contributed by atoms with E-state index in [-0.39, 0.29) is 30.2 Å². The maximum atomic E-state index is 13.2. The minimum atomic E-state index is -0.349. The van der Waals surface area contributed by atoms with Crippen molar-refractivity contribution in [2.45, 2.75) is 18.5 Å². The summed E-state index contributed by atoms with van der Waals surface area (Å²) in [7, 11) is 0. The number of benzene rings is 2. The number of aromatic nitrogens is 2. The van der Waals surface area contributed by atoms with Crippen molar-refractivity contribution >= 4 is 44.9 Å². The molecule has 2 N–H and O–H groups in total. The Morgan fingerprint density at radius 1 is 1.08 bits per heavy atom. The third-order valence-electron chi connectivity index (χ3n) is 6.08. The predicted molar refractivity (Wildman–Crippen MR) is 145 cm³/mol. The highest BCUT2D eigenvalue weighted by molar-refractivity contribution is 9.10. The van der Waals surface area contributed by atoms with Crippen molar-refractivity contribution in [2.24, 2.45) is 0 Å². The molecule has 3 heterocycles. The largest absolute Gasteiger partial charge is 0.352 e. The molecule has 182 valence electrons. The van der Waals surface area contributed by atoms with Gasteiger partial charge in [-0.05, 0) is 78.9 Å². The number of pyridine rings is 1. The fourth-order valence-electron chi connectivity index (χ4n) is 4.44. The average Bonchev–Trinajstić information content (AvgIpc) is 3.49. The monoisotopic (exact) mass is 563 g/mol. The van der Waals surface area contributed by atoms with Crippen LogP contribution in [0.1, 0.15) is 29.9 Å². The number of thiocarbonyl (C=S) groups is 1. The standard InChI is InChI=1S/C27H23BrFN5OS/c28-18-5-3-6-21(17-18)33-15-4-8-23(33)26-25(22-7-1-2-14-30-22)32-27(36)34(26)16-13-24(35)31-20-11-9-19(29)10-12-20/h1-12,14-15,17,25-26H,13,16H2,(H,31,35)(H,32,36)/t25-,26-/m0/s1. The number of hydrogen-bond acceptors (Lipinski definition) is 3. The van der Waals surface area contributed by atoms with Crippen LogP contribution in [-0.4, -0.2) is 32.0 Å². The molecule has 0 bridgehead atoms. The lowest BCUT2D eigenvalue weighted by Crippen LogP contribution is -2.33. The summed E-state index contributed by atoms with van der Waals surface area (Å²) >= 11 is 9.31. The lowest BCUT2D eigenvalue weighted by molar-refractivity contribution is -0.116. The Labute approximate surface area is 222 Å². The smallest absolute Gasteiger partial charge is 0.226 e. The van der Waals surface area contributed by atoms with Gasteiger partial charge in [0.1, 0.15) is 5.82 Å². The molecule has 0 saturated carbocycles. The van der Waals surface area contributed by atoms with E-state index in [2.05, 4.69) is 48.2 Å². The van der Waals surface area contributed by atoms with Crippen molar-refractivity contribution in [3.63, 3.8) is 0 Å². The van der Waals surface area contributed by atoms with E-state index in [9.17, 15) is 9.18 Å². The van der Waals surface area contributed by atoms with E-state index >= 15 is 0 Å². The van der Waals surface area contributed by atoms with Gasteiger partial charge >= 0.3 is 0 Å². The van der Waals surface area contributed by atoms with Crippen LogP contribution < -0.4 is 10.6 Å². The van der Waals surface area contributed by atoms with Crippen molar-refractivity contribution in [2.75, 3.05) is 11.9 Å². The number of hydrogen-bond donors (Lipinski definition) is 2. The molecule has 0 unspecified atom stereocenters. The lowest BCUT2D eigenvalue weighted by atomic mass is 10.0. The normalized spacial score (nSPS) is 17.2. The zero-order valence-corrected chi connectivity index (χ0v) is 21.5. The Morgan fingerprint density at radius 2 is 1.92 bits per heavy atom. The van der Waals surface area contributed by atoms with Crippen LogP contribution in [0.25, 0.3) is 5.69 Å². The maximum absolute atomic E-state index is 13.2. The quantitative estimate of drug-likeness (QED) is 0.279. The van der Waals surface area contributed by atoms with Gasteiger partial charge in [0.15, 0.2) is 5.11 Å². The number of amides is 1. The van der Waals surface area contributed by atoms with Crippen LogP contribution in [0.5, 0.6) is 0 Å². The van der Waals surface area contributed by atoms with E-state index in [1.54, 1.807) is 18.3 Å². The zero-order chi connectivity index (χ0) is 25.1. The van der Waals surface area contributed by atoms with Gasteiger partial charge in [-0.15, -0.1) is 0 Å². The molecule has 0 radical (unpaired) electrons. The second kappa shape index (κ2) is 10.6. The van der Waals surface area contributed by atoms with Crippen molar-refractivity contribution in [1.29, 1.82) is 0 Å². The minimum absolute atomic E-state index is 0.174. The highest BCUT2D eigenvalue weighted by atomic mass is 79.9. The van der Waals surface area contributed by atoms with E-state index in [1.165, 1.54) is 12.1 Å². The minimum Gasteiger partial charge on any atom is -0.352 e. The molecular weight excluding hydrogens is 541 g/mol. The topological polar surface area (TPSA) is 62.2 Å². The van der Waals surface area contributed by atoms with Gasteiger partial charge in [0, 0.05) is 46.9 Å². The van der Waals surface area contributed by atoms with Crippen molar-refractivity contribution in [3.05, 3.63) is 113 Å². The molecule has 2 aromatic heterocycles. The van der Waals surface area contributed by atoms with Gasteiger partial charge in [-0.3, -0.25) is 9.78 Å². The van der Waals surface area contributed by atoms with Crippen LogP contribution in [0.15, 0.2) is 95.7 Å². The van der Waals surface area contributed by atoms with Crippen molar-refractivity contribution < 1.29 is 9.18 Å². The van der Waals surface area contributed by atoms with E-state index in [1.807, 2.05) is 53.6 Å².